The van der Waals surface area contributed by atoms with Gasteiger partial charge < -0.3 is 19.9 Å². The summed E-state index contributed by atoms with van der Waals surface area (Å²) in [5.41, 5.74) is 1.26. The Morgan fingerprint density at radius 2 is 1.81 bits per heavy atom. The van der Waals surface area contributed by atoms with E-state index in [0.717, 1.165) is 43.6 Å². The van der Waals surface area contributed by atoms with Gasteiger partial charge in [-0.25, -0.2) is 0 Å². The molecule has 1 aromatic carbocycles. The first kappa shape index (κ1) is 18.9. The molecule has 1 heterocycles. The molecule has 1 saturated carbocycles. The molecule has 1 amide bonds. The van der Waals surface area contributed by atoms with Gasteiger partial charge in [0.25, 0.3) is 0 Å². The summed E-state index contributed by atoms with van der Waals surface area (Å²) in [6.07, 6.45) is 4.31. The fourth-order valence-electron chi connectivity index (χ4n) is 3.45. The Labute approximate surface area is 153 Å². The topological polar surface area (TPSA) is 84.9 Å². The first-order valence-electron chi connectivity index (χ1n) is 9.35. The molecule has 1 aromatic rings. The van der Waals surface area contributed by atoms with Crippen LogP contribution in [0.5, 0.6) is 0 Å². The molecule has 2 N–H and O–H groups in total. The monoisotopic (exact) mass is 361 g/mol. The third-order valence-corrected chi connectivity index (χ3v) is 5.43. The average Bonchev–Trinajstić information content (AvgIpc) is 2.62. The minimum Gasteiger partial charge on any atom is -0.481 e. The Kier molecular flexibility index (Phi) is 6.27. The number of rotatable bonds is 8. The molecule has 0 atom stereocenters. The maximum Gasteiger partial charge on any atom is 0.310 e. The third-order valence-electron chi connectivity index (χ3n) is 5.43. The fourth-order valence-corrected chi connectivity index (χ4v) is 3.45. The lowest BCUT2D eigenvalue weighted by Crippen LogP contribution is -2.42. The number of nitrogens with one attached hydrogen (secondary N) is 1. The Bertz CT molecular complexity index is 618. The first-order chi connectivity index (χ1) is 12.6. The SMILES string of the molecule is O=C(CC1(C(=O)O)CCC1)NCc1ccc(COC2CCOCC2)cc1. The highest BCUT2D eigenvalue weighted by atomic mass is 16.5. The molecule has 0 bridgehead atoms. The molecule has 1 saturated heterocycles. The van der Waals surface area contributed by atoms with Gasteiger partial charge >= 0.3 is 5.97 Å². The first-order valence-corrected chi connectivity index (χ1v) is 9.35. The van der Waals surface area contributed by atoms with E-state index in [9.17, 15) is 14.7 Å². The fraction of sp³-hybridized carbons (Fsp3) is 0.600. The Balaban J connectivity index is 1.41. The van der Waals surface area contributed by atoms with Gasteiger partial charge in [-0.1, -0.05) is 30.7 Å². The average molecular weight is 361 g/mol. The van der Waals surface area contributed by atoms with E-state index in [4.69, 9.17) is 9.47 Å². The summed E-state index contributed by atoms with van der Waals surface area (Å²) in [6, 6.07) is 7.95. The van der Waals surface area contributed by atoms with E-state index in [2.05, 4.69) is 5.32 Å². The van der Waals surface area contributed by atoms with Crippen LogP contribution in [-0.4, -0.2) is 36.3 Å². The summed E-state index contributed by atoms with van der Waals surface area (Å²) < 4.78 is 11.2. The molecular weight excluding hydrogens is 334 g/mol. The second kappa shape index (κ2) is 8.64. The van der Waals surface area contributed by atoms with Gasteiger partial charge in [0, 0.05) is 26.2 Å². The highest BCUT2D eigenvalue weighted by molar-refractivity contribution is 5.85. The molecule has 3 rings (SSSR count). The predicted molar refractivity (Wildman–Crippen MR) is 95.5 cm³/mol. The number of carbonyl (C=O) groups is 2. The van der Waals surface area contributed by atoms with Crippen LogP contribution in [0.15, 0.2) is 24.3 Å². The van der Waals surface area contributed by atoms with Crippen LogP contribution < -0.4 is 5.32 Å². The normalized spacial score (nSPS) is 19.5. The maximum absolute atomic E-state index is 12.1. The number of aliphatic carboxylic acids is 1. The van der Waals surface area contributed by atoms with E-state index in [0.29, 0.717) is 26.0 Å². The van der Waals surface area contributed by atoms with Gasteiger partial charge in [-0.3, -0.25) is 9.59 Å². The number of carbonyl (C=O) groups excluding carboxylic acids is 1. The van der Waals surface area contributed by atoms with Crippen LogP contribution in [0.1, 0.15) is 49.7 Å². The van der Waals surface area contributed by atoms with Crippen LogP contribution in [-0.2, 0) is 32.2 Å². The highest BCUT2D eigenvalue weighted by Crippen LogP contribution is 2.44. The van der Waals surface area contributed by atoms with Crippen molar-refractivity contribution in [3.05, 3.63) is 35.4 Å². The van der Waals surface area contributed by atoms with Gasteiger partial charge in [0.15, 0.2) is 0 Å². The summed E-state index contributed by atoms with van der Waals surface area (Å²) in [6.45, 7) is 2.53. The zero-order valence-electron chi connectivity index (χ0n) is 15.0. The van der Waals surface area contributed by atoms with E-state index in [1.165, 1.54) is 0 Å². The van der Waals surface area contributed by atoms with Crippen molar-refractivity contribution in [2.45, 2.75) is 57.8 Å². The van der Waals surface area contributed by atoms with Gasteiger partial charge in [0.05, 0.1) is 18.1 Å². The van der Waals surface area contributed by atoms with Gasteiger partial charge in [0.2, 0.25) is 5.91 Å². The molecular formula is C20H27NO5. The van der Waals surface area contributed by atoms with Crippen LogP contribution >= 0.6 is 0 Å². The van der Waals surface area contributed by atoms with Gasteiger partial charge in [-0.2, -0.15) is 0 Å². The van der Waals surface area contributed by atoms with E-state index < -0.39 is 11.4 Å². The molecule has 6 heteroatoms. The van der Waals surface area contributed by atoms with Crippen LogP contribution in [0, 0.1) is 5.41 Å². The van der Waals surface area contributed by atoms with Crippen molar-refractivity contribution in [1.82, 2.24) is 5.32 Å². The number of carboxylic acids is 1. The van der Waals surface area contributed by atoms with Gasteiger partial charge in [-0.15, -0.1) is 0 Å². The van der Waals surface area contributed by atoms with E-state index in [1.807, 2.05) is 24.3 Å². The molecule has 2 fully saturated rings. The van der Waals surface area contributed by atoms with Crippen LogP contribution in [0.4, 0.5) is 0 Å². The Morgan fingerprint density at radius 3 is 2.38 bits per heavy atom. The quantitative estimate of drug-likeness (QED) is 0.743. The van der Waals surface area contributed by atoms with Crippen molar-refractivity contribution >= 4 is 11.9 Å². The lowest BCUT2D eigenvalue weighted by molar-refractivity contribution is -0.157. The van der Waals surface area contributed by atoms with E-state index in [-0.39, 0.29) is 18.4 Å². The summed E-state index contributed by atoms with van der Waals surface area (Å²) >= 11 is 0. The summed E-state index contributed by atoms with van der Waals surface area (Å²) in [5, 5.41) is 12.1. The van der Waals surface area contributed by atoms with Gasteiger partial charge in [0.1, 0.15) is 0 Å². The van der Waals surface area contributed by atoms with Crippen LogP contribution in [0.25, 0.3) is 0 Å². The molecule has 0 unspecified atom stereocenters. The molecule has 0 spiro atoms. The number of hydrogen-bond acceptors (Lipinski definition) is 4. The smallest absolute Gasteiger partial charge is 0.310 e. The number of hydrogen-bond donors (Lipinski definition) is 2. The van der Waals surface area contributed by atoms with Crippen molar-refractivity contribution < 1.29 is 24.2 Å². The Hall–Kier alpha value is -1.92. The zero-order chi connectivity index (χ0) is 18.4. The molecule has 2 aliphatic rings. The van der Waals surface area contributed by atoms with Crippen molar-refractivity contribution in [2.24, 2.45) is 5.41 Å². The third kappa shape index (κ3) is 4.83. The maximum atomic E-state index is 12.1. The predicted octanol–water partition coefficient (Wildman–Crippen LogP) is 2.64. The lowest BCUT2D eigenvalue weighted by Gasteiger charge is -2.36. The largest absolute Gasteiger partial charge is 0.481 e. The van der Waals surface area contributed by atoms with Crippen LogP contribution in [0.2, 0.25) is 0 Å². The summed E-state index contributed by atoms with van der Waals surface area (Å²) in [7, 11) is 0. The Morgan fingerprint density at radius 1 is 1.15 bits per heavy atom. The van der Waals surface area contributed by atoms with Crippen molar-refractivity contribution in [1.29, 1.82) is 0 Å². The van der Waals surface area contributed by atoms with Crippen molar-refractivity contribution in [2.75, 3.05) is 13.2 Å². The van der Waals surface area contributed by atoms with E-state index >= 15 is 0 Å². The lowest BCUT2D eigenvalue weighted by atomic mass is 9.66. The second-order valence-electron chi connectivity index (χ2n) is 7.33. The standard InChI is InChI=1S/C20H27NO5/c22-18(12-20(19(23)24)8-1-9-20)21-13-15-2-4-16(5-3-15)14-26-17-6-10-25-11-7-17/h2-5,17H,1,6-14H2,(H,21,22)(H,23,24). The number of carboxylic acid groups (broad SMARTS) is 1. The molecule has 142 valence electrons. The molecule has 26 heavy (non-hydrogen) atoms. The number of ether oxygens (including phenoxy) is 2. The zero-order valence-corrected chi connectivity index (χ0v) is 15.0. The van der Waals surface area contributed by atoms with Crippen molar-refractivity contribution in [3.8, 4) is 0 Å². The van der Waals surface area contributed by atoms with Gasteiger partial charge in [-0.05, 0) is 36.8 Å². The number of amides is 1. The molecule has 0 aromatic heterocycles. The summed E-state index contributed by atoms with van der Waals surface area (Å²) in [4.78, 5) is 23.4. The molecule has 1 aliphatic carbocycles. The highest BCUT2D eigenvalue weighted by Gasteiger charge is 2.45. The number of benzene rings is 1. The summed E-state index contributed by atoms with van der Waals surface area (Å²) in [5.74, 6) is -1.05. The van der Waals surface area contributed by atoms with E-state index in [1.54, 1.807) is 0 Å². The minimum atomic E-state index is -0.854. The van der Waals surface area contributed by atoms with Crippen molar-refractivity contribution in [3.63, 3.8) is 0 Å². The minimum absolute atomic E-state index is 0.0688. The molecule has 1 aliphatic heterocycles. The molecule has 0 radical (unpaired) electrons. The van der Waals surface area contributed by atoms with Crippen LogP contribution in [0.3, 0.4) is 0 Å². The second-order valence-corrected chi connectivity index (χ2v) is 7.33. The molecule has 6 nitrogen and oxygen atoms in total.